The van der Waals surface area contributed by atoms with Crippen LogP contribution in [0.25, 0.3) is 0 Å². The molecule has 0 fully saturated rings. The largest absolute Gasteiger partial charge is 0.490 e. The van der Waals surface area contributed by atoms with Gasteiger partial charge in [-0.2, -0.15) is 0 Å². The minimum Gasteiger partial charge on any atom is -0.490 e. The molecule has 0 amide bonds. The third-order valence-electron chi connectivity index (χ3n) is 2.76. The molecule has 0 heterocycles. The van der Waals surface area contributed by atoms with Gasteiger partial charge in [0.2, 0.25) is 0 Å². The molecule has 0 spiro atoms. The van der Waals surface area contributed by atoms with E-state index in [1.54, 1.807) is 6.92 Å². The van der Waals surface area contributed by atoms with Crippen LogP contribution >= 0.6 is 15.9 Å². The van der Waals surface area contributed by atoms with Crippen molar-refractivity contribution in [3.63, 3.8) is 0 Å². The van der Waals surface area contributed by atoms with Crippen LogP contribution in [0.5, 0.6) is 5.75 Å². The Bertz CT molecular complexity index is 378. The monoisotopic (exact) mass is 301 g/mol. The van der Waals surface area contributed by atoms with E-state index in [1.165, 1.54) is 0 Å². The molecule has 0 saturated carbocycles. The summed E-state index contributed by atoms with van der Waals surface area (Å²) in [5, 5.41) is 9.90. The van der Waals surface area contributed by atoms with Crippen molar-refractivity contribution in [2.45, 2.75) is 38.8 Å². The van der Waals surface area contributed by atoms with Crippen LogP contribution in [0.2, 0.25) is 0 Å². The summed E-state index contributed by atoms with van der Waals surface area (Å²) in [5.74, 6) is 0.733. The average Bonchev–Trinajstić information content (AvgIpc) is 2.27. The van der Waals surface area contributed by atoms with Crippen molar-refractivity contribution in [2.75, 3.05) is 6.61 Å². The molecule has 3 N–H and O–H groups in total. The Hall–Kier alpha value is -0.580. The molecular formula is C13H20BrNO2. The molecule has 0 aliphatic heterocycles. The fourth-order valence-electron chi connectivity index (χ4n) is 1.34. The van der Waals surface area contributed by atoms with E-state index in [9.17, 15) is 5.11 Å². The minimum atomic E-state index is -0.803. The highest BCUT2D eigenvalue weighted by atomic mass is 79.9. The van der Waals surface area contributed by atoms with Crippen molar-refractivity contribution in [3.05, 3.63) is 28.2 Å². The van der Waals surface area contributed by atoms with Crippen molar-refractivity contribution in [2.24, 2.45) is 5.73 Å². The summed E-state index contributed by atoms with van der Waals surface area (Å²) in [6, 6.07) is 5.62. The van der Waals surface area contributed by atoms with Gasteiger partial charge in [0.15, 0.2) is 0 Å². The van der Waals surface area contributed by atoms with Gasteiger partial charge < -0.3 is 15.6 Å². The van der Waals surface area contributed by atoms with Crippen LogP contribution in [0.15, 0.2) is 22.7 Å². The van der Waals surface area contributed by atoms with Gasteiger partial charge in [-0.25, -0.2) is 0 Å². The van der Waals surface area contributed by atoms with Gasteiger partial charge in [-0.3, -0.25) is 0 Å². The maximum Gasteiger partial charge on any atom is 0.124 e. The zero-order chi connectivity index (χ0) is 13.1. The van der Waals surface area contributed by atoms with Gasteiger partial charge >= 0.3 is 0 Å². The lowest BCUT2D eigenvalue weighted by atomic mass is 10.1. The number of rotatable bonds is 5. The first-order chi connectivity index (χ1) is 7.85. The highest BCUT2D eigenvalue weighted by Crippen LogP contribution is 2.28. The lowest BCUT2D eigenvalue weighted by molar-refractivity contribution is 0.00810. The van der Waals surface area contributed by atoms with Gasteiger partial charge in [-0.1, -0.05) is 22.9 Å². The van der Waals surface area contributed by atoms with E-state index in [4.69, 9.17) is 10.5 Å². The number of hydrogen-bond acceptors (Lipinski definition) is 3. The Kier molecular flexibility index (Phi) is 4.98. The van der Waals surface area contributed by atoms with Crippen LogP contribution in [0, 0.1) is 0 Å². The van der Waals surface area contributed by atoms with Crippen molar-refractivity contribution in [1.29, 1.82) is 0 Å². The first-order valence-electron chi connectivity index (χ1n) is 5.76. The van der Waals surface area contributed by atoms with Gasteiger partial charge in [0.05, 0.1) is 5.60 Å². The van der Waals surface area contributed by atoms with E-state index in [0.717, 1.165) is 15.8 Å². The molecule has 1 aromatic carbocycles. The first kappa shape index (κ1) is 14.5. The lowest BCUT2D eigenvalue weighted by Gasteiger charge is -2.23. The highest BCUT2D eigenvalue weighted by Gasteiger charge is 2.19. The van der Waals surface area contributed by atoms with Crippen molar-refractivity contribution in [1.82, 2.24) is 0 Å². The summed E-state index contributed by atoms with van der Waals surface area (Å²) < 4.78 is 6.63. The molecule has 0 aromatic heterocycles. The number of halogens is 1. The van der Waals surface area contributed by atoms with Gasteiger partial charge in [0, 0.05) is 16.1 Å². The molecule has 1 rings (SSSR count). The van der Waals surface area contributed by atoms with Crippen LogP contribution in [0.1, 0.15) is 38.8 Å². The van der Waals surface area contributed by atoms with Crippen LogP contribution in [0.4, 0.5) is 0 Å². The molecule has 0 aliphatic carbocycles. The summed E-state index contributed by atoms with van der Waals surface area (Å²) in [5.41, 5.74) is 6.02. The van der Waals surface area contributed by atoms with Gasteiger partial charge in [0.25, 0.3) is 0 Å². The topological polar surface area (TPSA) is 55.5 Å². The molecule has 17 heavy (non-hydrogen) atoms. The molecule has 1 aromatic rings. The fourth-order valence-corrected chi connectivity index (χ4v) is 1.72. The number of hydrogen-bond donors (Lipinski definition) is 2. The second-order valence-corrected chi connectivity index (χ2v) is 5.53. The van der Waals surface area contributed by atoms with Crippen molar-refractivity contribution < 1.29 is 9.84 Å². The van der Waals surface area contributed by atoms with E-state index in [-0.39, 0.29) is 12.6 Å². The first-order valence-corrected chi connectivity index (χ1v) is 6.55. The quantitative estimate of drug-likeness (QED) is 0.879. The highest BCUT2D eigenvalue weighted by molar-refractivity contribution is 9.10. The van der Waals surface area contributed by atoms with Crippen LogP contribution in [0.3, 0.4) is 0 Å². The SMILES string of the molecule is CCC(C)(O)COc1ccc(Br)cc1[C@@H](C)N. The summed E-state index contributed by atoms with van der Waals surface area (Å²) in [6.45, 7) is 5.87. The molecule has 4 heteroatoms. The molecular weight excluding hydrogens is 282 g/mol. The summed E-state index contributed by atoms with van der Waals surface area (Å²) in [4.78, 5) is 0. The Balaban J connectivity index is 2.84. The maximum atomic E-state index is 9.90. The molecule has 2 atom stereocenters. The van der Waals surface area contributed by atoms with E-state index in [1.807, 2.05) is 32.0 Å². The van der Waals surface area contributed by atoms with E-state index in [2.05, 4.69) is 15.9 Å². The maximum absolute atomic E-state index is 9.90. The average molecular weight is 302 g/mol. The smallest absolute Gasteiger partial charge is 0.124 e. The Morgan fingerprint density at radius 1 is 1.53 bits per heavy atom. The molecule has 0 saturated heterocycles. The van der Waals surface area contributed by atoms with Crippen LogP contribution in [-0.4, -0.2) is 17.3 Å². The second kappa shape index (κ2) is 5.85. The summed E-state index contributed by atoms with van der Waals surface area (Å²) in [7, 11) is 0. The molecule has 0 aliphatic rings. The van der Waals surface area contributed by atoms with Crippen LogP contribution in [-0.2, 0) is 0 Å². The second-order valence-electron chi connectivity index (χ2n) is 4.61. The molecule has 3 nitrogen and oxygen atoms in total. The van der Waals surface area contributed by atoms with Gasteiger partial charge in [0.1, 0.15) is 12.4 Å². The Labute approximate surface area is 111 Å². The van der Waals surface area contributed by atoms with Gasteiger partial charge in [-0.15, -0.1) is 0 Å². The molecule has 96 valence electrons. The molecule has 0 radical (unpaired) electrons. The third kappa shape index (κ3) is 4.30. The summed E-state index contributed by atoms with van der Waals surface area (Å²) >= 11 is 3.41. The lowest BCUT2D eigenvalue weighted by Crippen LogP contribution is -2.31. The van der Waals surface area contributed by atoms with E-state index >= 15 is 0 Å². The predicted octanol–water partition coefficient (Wildman–Crippen LogP) is 3.01. The summed E-state index contributed by atoms with van der Waals surface area (Å²) in [6.07, 6.45) is 0.650. The molecule has 1 unspecified atom stereocenters. The molecule has 0 bridgehead atoms. The Morgan fingerprint density at radius 2 is 2.18 bits per heavy atom. The number of aliphatic hydroxyl groups is 1. The third-order valence-corrected chi connectivity index (χ3v) is 3.26. The zero-order valence-electron chi connectivity index (χ0n) is 10.5. The van der Waals surface area contributed by atoms with Crippen LogP contribution < -0.4 is 10.5 Å². The van der Waals surface area contributed by atoms with E-state index in [0.29, 0.717) is 6.42 Å². The predicted molar refractivity (Wildman–Crippen MR) is 73.2 cm³/mol. The normalized spacial score (nSPS) is 16.4. The standard InChI is InChI=1S/C13H20BrNO2/c1-4-13(3,16)8-17-12-6-5-10(14)7-11(12)9(2)15/h5-7,9,16H,4,8,15H2,1-3H3/t9-,13?/m1/s1. The minimum absolute atomic E-state index is 0.103. The Morgan fingerprint density at radius 3 is 2.71 bits per heavy atom. The zero-order valence-corrected chi connectivity index (χ0v) is 12.1. The van der Waals surface area contributed by atoms with Gasteiger partial charge in [-0.05, 0) is 38.5 Å². The number of benzene rings is 1. The van der Waals surface area contributed by atoms with E-state index < -0.39 is 5.60 Å². The van der Waals surface area contributed by atoms with Crippen molar-refractivity contribution >= 4 is 15.9 Å². The fraction of sp³-hybridized carbons (Fsp3) is 0.538. The van der Waals surface area contributed by atoms with Crippen molar-refractivity contribution in [3.8, 4) is 5.75 Å². The number of ether oxygens (including phenoxy) is 1. The number of nitrogens with two attached hydrogens (primary N) is 1.